The number of carbonyl (C=O) groups is 2. The Hall–Kier alpha value is -2.22. The van der Waals surface area contributed by atoms with Gasteiger partial charge in [-0.05, 0) is 19.3 Å². The fourth-order valence-corrected chi connectivity index (χ4v) is 3.89. The summed E-state index contributed by atoms with van der Waals surface area (Å²) in [5.74, 6) is 1.18. The summed E-state index contributed by atoms with van der Waals surface area (Å²) < 4.78 is 0. The van der Waals surface area contributed by atoms with Gasteiger partial charge >= 0.3 is 0 Å². The van der Waals surface area contributed by atoms with Crippen molar-refractivity contribution < 1.29 is 9.59 Å². The van der Waals surface area contributed by atoms with Crippen LogP contribution in [0.15, 0.2) is 18.6 Å². The number of nitrogens with zero attached hydrogens (tertiary/aromatic N) is 5. The van der Waals surface area contributed by atoms with Crippen LogP contribution in [0.2, 0.25) is 0 Å². The van der Waals surface area contributed by atoms with Gasteiger partial charge in [-0.2, -0.15) is 0 Å². The molecular formula is C20H32N6O2. The second-order valence-electron chi connectivity index (χ2n) is 7.65. The number of hydrogen-bond donors (Lipinski definition) is 1. The summed E-state index contributed by atoms with van der Waals surface area (Å²) in [5, 5.41) is 2.96. The van der Waals surface area contributed by atoms with E-state index in [1.54, 1.807) is 18.6 Å². The molecule has 28 heavy (non-hydrogen) atoms. The van der Waals surface area contributed by atoms with Gasteiger partial charge in [0.25, 0.3) is 0 Å². The van der Waals surface area contributed by atoms with Gasteiger partial charge in [-0.15, -0.1) is 0 Å². The molecule has 0 saturated carbocycles. The van der Waals surface area contributed by atoms with Gasteiger partial charge in [0, 0.05) is 58.2 Å². The highest BCUT2D eigenvalue weighted by Crippen LogP contribution is 2.23. The Morgan fingerprint density at radius 3 is 2.71 bits per heavy atom. The van der Waals surface area contributed by atoms with E-state index in [4.69, 9.17) is 0 Å². The molecule has 1 aromatic rings. The first-order chi connectivity index (χ1) is 13.7. The maximum Gasteiger partial charge on any atom is 0.234 e. The molecule has 2 aliphatic heterocycles. The molecule has 8 heteroatoms. The lowest BCUT2D eigenvalue weighted by molar-refractivity contribution is -0.137. The van der Waals surface area contributed by atoms with Crippen molar-refractivity contribution in [1.82, 2.24) is 25.1 Å². The number of anilines is 1. The van der Waals surface area contributed by atoms with Gasteiger partial charge in [-0.25, -0.2) is 4.98 Å². The summed E-state index contributed by atoms with van der Waals surface area (Å²) in [7, 11) is 0. The van der Waals surface area contributed by atoms with E-state index in [0.717, 1.165) is 57.7 Å². The van der Waals surface area contributed by atoms with Gasteiger partial charge in [0.15, 0.2) is 0 Å². The van der Waals surface area contributed by atoms with Gasteiger partial charge in [0.05, 0.1) is 18.7 Å². The number of amides is 2. The zero-order valence-electron chi connectivity index (χ0n) is 16.8. The number of piperazine rings is 1. The molecule has 0 spiro atoms. The summed E-state index contributed by atoms with van der Waals surface area (Å²) in [6.07, 6.45) is 9.13. The van der Waals surface area contributed by atoms with Crippen LogP contribution in [0.4, 0.5) is 5.82 Å². The average molecular weight is 389 g/mol. The van der Waals surface area contributed by atoms with E-state index >= 15 is 0 Å². The van der Waals surface area contributed by atoms with Crippen LogP contribution in [-0.4, -0.2) is 83.9 Å². The Balaban J connectivity index is 1.44. The maximum absolute atomic E-state index is 13.0. The Kier molecular flexibility index (Phi) is 7.59. The van der Waals surface area contributed by atoms with Crippen molar-refractivity contribution in [2.45, 2.75) is 32.6 Å². The van der Waals surface area contributed by atoms with E-state index in [9.17, 15) is 9.59 Å². The first-order valence-corrected chi connectivity index (χ1v) is 10.5. The standard InChI is InChI=1S/C20H32N6O2/c1-2-3-6-23-19(27)16-24-10-12-25(13-11-24)20(28)17-5-4-9-26(15-17)18-14-21-7-8-22-18/h7-8,14,17H,2-6,9-13,15-16H2,1H3,(H,23,27). The van der Waals surface area contributed by atoms with E-state index in [0.29, 0.717) is 26.2 Å². The summed E-state index contributed by atoms with van der Waals surface area (Å²) in [6, 6.07) is 0. The van der Waals surface area contributed by atoms with Crippen LogP contribution in [0, 0.1) is 5.92 Å². The highest BCUT2D eigenvalue weighted by molar-refractivity contribution is 5.80. The molecular weight excluding hydrogens is 356 g/mol. The molecule has 0 bridgehead atoms. The molecule has 1 unspecified atom stereocenters. The largest absolute Gasteiger partial charge is 0.355 e. The zero-order valence-corrected chi connectivity index (χ0v) is 16.8. The van der Waals surface area contributed by atoms with E-state index in [1.165, 1.54) is 0 Å². The molecule has 3 rings (SSSR count). The number of nitrogens with one attached hydrogen (secondary N) is 1. The van der Waals surface area contributed by atoms with E-state index in [-0.39, 0.29) is 17.7 Å². The van der Waals surface area contributed by atoms with Gasteiger partial charge in [-0.1, -0.05) is 13.3 Å². The third-order valence-corrected chi connectivity index (χ3v) is 5.55. The fourth-order valence-electron chi connectivity index (χ4n) is 3.89. The first-order valence-electron chi connectivity index (χ1n) is 10.5. The second kappa shape index (κ2) is 10.4. The summed E-state index contributed by atoms with van der Waals surface area (Å²) >= 11 is 0. The van der Waals surface area contributed by atoms with Crippen molar-refractivity contribution in [3.05, 3.63) is 18.6 Å². The lowest BCUT2D eigenvalue weighted by Crippen LogP contribution is -2.54. The zero-order chi connectivity index (χ0) is 19.8. The van der Waals surface area contributed by atoms with Crippen LogP contribution >= 0.6 is 0 Å². The van der Waals surface area contributed by atoms with Crippen molar-refractivity contribution in [1.29, 1.82) is 0 Å². The third kappa shape index (κ3) is 5.64. The van der Waals surface area contributed by atoms with Crippen LogP contribution in [0.1, 0.15) is 32.6 Å². The van der Waals surface area contributed by atoms with Crippen molar-refractivity contribution in [3.63, 3.8) is 0 Å². The lowest BCUT2D eigenvalue weighted by atomic mass is 9.96. The lowest BCUT2D eigenvalue weighted by Gasteiger charge is -2.39. The normalized spacial score (nSPS) is 20.8. The molecule has 2 aliphatic rings. The summed E-state index contributed by atoms with van der Waals surface area (Å²) in [4.78, 5) is 39.7. The topological polar surface area (TPSA) is 81.7 Å². The molecule has 1 N–H and O–H groups in total. The molecule has 154 valence electrons. The van der Waals surface area contributed by atoms with Gasteiger partial charge in [-0.3, -0.25) is 19.5 Å². The monoisotopic (exact) mass is 388 g/mol. The van der Waals surface area contributed by atoms with Gasteiger partial charge in [0.1, 0.15) is 5.82 Å². The van der Waals surface area contributed by atoms with Crippen LogP contribution in [0.25, 0.3) is 0 Å². The van der Waals surface area contributed by atoms with Gasteiger partial charge < -0.3 is 15.1 Å². The smallest absolute Gasteiger partial charge is 0.234 e. The van der Waals surface area contributed by atoms with Gasteiger partial charge in [0.2, 0.25) is 11.8 Å². The second-order valence-corrected chi connectivity index (χ2v) is 7.65. The number of unbranched alkanes of at least 4 members (excludes halogenated alkanes) is 1. The quantitative estimate of drug-likeness (QED) is 0.695. The summed E-state index contributed by atoms with van der Waals surface area (Å²) in [6.45, 7) is 7.82. The predicted octanol–water partition coefficient (Wildman–Crippen LogP) is 0.754. The Labute approximate surface area is 167 Å². The van der Waals surface area contributed by atoms with Crippen LogP contribution in [-0.2, 0) is 9.59 Å². The maximum atomic E-state index is 13.0. The van der Waals surface area contributed by atoms with Crippen molar-refractivity contribution in [2.75, 3.05) is 57.3 Å². The Morgan fingerprint density at radius 2 is 2.00 bits per heavy atom. The van der Waals surface area contributed by atoms with Crippen LogP contribution in [0.5, 0.6) is 0 Å². The minimum atomic E-state index is 0.0136. The number of aromatic nitrogens is 2. The molecule has 0 aromatic carbocycles. The first kappa shape index (κ1) is 20.5. The molecule has 0 radical (unpaired) electrons. The number of carbonyl (C=O) groups excluding carboxylic acids is 2. The molecule has 2 saturated heterocycles. The molecule has 1 aromatic heterocycles. The van der Waals surface area contributed by atoms with Crippen LogP contribution in [0.3, 0.4) is 0 Å². The molecule has 1 atom stereocenters. The summed E-state index contributed by atoms with van der Waals surface area (Å²) in [5.41, 5.74) is 0. The molecule has 2 amide bonds. The van der Waals surface area contributed by atoms with Crippen molar-refractivity contribution in [3.8, 4) is 0 Å². The fraction of sp³-hybridized carbons (Fsp3) is 0.700. The Bertz CT molecular complexity index is 633. The average Bonchev–Trinajstić information content (AvgIpc) is 2.75. The number of hydrogen-bond acceptors (Lipinski definition) is 6. The van der Waals surface area contributed by atoms with E-state index in [2.05, 4.69) is 32.0 Å². The van der Waals surface area contributed by atoms with E-state index < -0.39 is 0 Å². The van der Waals surface area contributed by atoms with E-state index in [1.807, 2.05) is 4.90 Å². The third-order valence-electron chi connectivity index (χ3n) is 5.55. The Morgan fingerprint density at radius 1 is 1.18 bits per heavy atom. The van der Waals surface area contributed by atoms with Crippen molar-refractivity contribution in [2.24, 2.45) is 5.92 Å². The highest BCUT2D eigenvalue weighted by Gasteiger charge is 2.31. The molecule has 2 fully saturated rings. The van der Waals surface area contributed by atoms with Crippen molar-refractivity contribution >= 4 is 17.6 Å². The molecule has 3 heterocycles. The minimum absolute atomic E-state index is 0.0136. The highest BCUT2D eigenvalue weighted by atomic mass is 16.2. The number of rotatable bonds is 7. The minimum Gasteiger partial charge on any atom is -0.355 e. The molecule has 8 nitrogen and oxygen atoms in total. The van der Waals surface area contributed by atoms with Crippen LogP contribution < -0.4 is 10.2 Å². The number of piperidine rings is 1. The SMILES string of the molecule is CCCCNC(=O)CN1CCN(C(=O)C2CCCN(c3cnccn3)C2)CC1. The predicted molar refractivity (Wildman–Crippen MR) is 108 cm³/mol. The molecule has 0 aliphatic carbocycles.